The molecule has 0 fully saturated rings. The molecule has 1 aromatic carbocycles. The average Bonchev–Trinajstić information content (AvgIpc) is 2.60. The Labute approximate surface area is 163 Å². The molecule has 0 unspecified atom stereocenters. The van der Waals surface area contributed by atoms with Gasteiger partial charge in [-0.3, -0.25) is 0 Å². The van der Waals surface area contributed by atoms with Gasteiger partial charge in [-0.15, -0.1) is 0 Å². The minimum absolute atomic E-state index is 0.00501. The fourth-order valence-corrected chi connectivity index (χ4v) is 4.68. The van der Waals surface area contributed by atoms with Crippen molar-refractivity contribution in [3.8, 4) is 5.75 Å². The van der Waals surface area contributed by atoms with E-state index >= 15 is 0 Å². The Bertz CT molecular complexity index is 799. The maximum absolute atomic E-state index is 13.1. The smallest absolute Gasteiger partial charge is 0.330 e. The summed E-state index contributed by atoms with van der Waals surface area (Å²) >= 11 is 0. The number of rotatable bonds is 9. The van der Waals surface area contributed by atoms with E-state index in [4.69, 9.17) is 9.47 Å². The lowest BCUT2D eigenvalue weighted by atomic mass is 10.00. The van der Waals surface area contributed by atoms with Crippen LogP contribution in [0.25, 0.3) is 0 Å². The number of nitrogens with one attached hydrogen (secondary N) is 1. The number of esters is 1. The van der Waals surface area contributed by atoms with Crippen LogP contribution in [0.2, 0.25) is 0 Å². The van der Waals surface area contributed by atoms with Crippen molar-refractivity contribution in [3.05, 3.63) is 34.9 Å². The fourth-order valence-electron chi connectivity index (χ4n) is 2.86. The molecule has 6 nitrogen and oxygen atoms in total. The first-order valence-electron chi connectivity index (χ1n) is 9.11. The Hall–Kier alpha value is -1.86. The summed E-state index contributed by atoms with van der Waals surface area (Å²) < 4.78 is 39.2. The molecule has 0 aliphatic heterocycles. The zero-order valence-electron chi connectivity index (χ0n) is 17.3. The first-order valence-corrected chi connectivity index (χ1v) is 10.6. The lowest BCUT2D eigenvalue weighted by Crippen LogP contribution is -2.38. The van der Waals surface area contributed by atoms with Crippen LogP contribution in [0.5, 0.6) is 5.75 Å². The third-order valence-electron chi connectivity index (χ3n) is 4.74. The van der Waals surface area contributed by atoms with E-state index in [0.717, 1.165) is 12.0 Å². The van der Waals surface area contributed by atoms with Gasteiger partial charge in [0.25, 0.3) is 0 Å². The third-order valence-corrected chi connectivity index (χ3v) is 6.49. The largest absolute Gasteiger partial charge is 0.496 e. The van der Waals surface area contributed by atoms with Crippen molar-refractivity contribution in [1.29, 1.82) is 0 Å². The lowest BCUT2D eigenvalue weighted by Gasteiger charge is -2.23. The van der Waals surface area contributed by atoms with Gasteiger partial charge < -0.3 is 9.47 Å². The predicted octanol–water partition coefficient (Wildman–Crippen LogP) is 3.43. The molecule has 7 heteroatoms. The van der Waals surface area contributed by atoms with E-state index in [1.54, 1.807) is 40.0 Å². The van der Waals surface area contributed by atoms with E-state index in [0.29, 0.717) is 16.9 Å². The van der Waals surface area contributed by atoms with Gasteiger partial charge in [0.2, 0.25) is 10.0 Å². The highest BCUT2D eigenvalue weighted by Crippen LogP contribution is 2.30. The lowest BCUT2D eigenvalue weighted by molar-refractivity contribution is -0.137. The highest BCUT2D eigenvalue weighted by Gasteiger charge is 2.27. The highest BCUT2D eigenvalue weighted by molar-refractivity contribution is 7.89. The van der Waals surface area contributed by atoms with Crippen LogP contribution < -0.4 is 9.46 Å². The van der Waals surface area contributed by atoms with E-state index in [2.05, 4.69) is 4.72 Å². The van der Waals surface area contributed by atoms with E-state index in [1.165, 1.54) is 6.08 Å². The van der Waals surface area contributed by atoms with Crippen LogP contribution >= 0.6 is 0 Å². The molecule has 0 amide bonds. The number of methoxy groups -OCH3 is 1. The van der Waals surface area contributed by atoms with Crippen LogP contribution in [-0.4, -0.2) is 34.1 Å². The van der Waals surface area contributed by atoms with Crippen molar-refractivity contribution < 1.29 is 22.7 Å². The molecule has 0 heterocycles. The summed E-state index contributed by atoms with van der Waals surface area (Å²) in [6.45, 7) is 11.2. The molecule has 2 atom stereocenters. The number of benzene rings is 1. The van der Waals surface area contributed by atoms with Crippen molar-refractivity contribution in [2.45, 2.75) is 58.9 Å². The van der Waals surface area contributed by atoms with Crippen molar-refractivity contribution in [1.82, 2.24) is 4.72 Å². The van der Waals surface area contributed by atoms with Gasteiger partial charge in [0.15, 0.2) is 0 Å². The Morgan fingerprint density at radius 2 is 1.85 bits per heavy atom. The van der Waals surface area contributed by atoms with Gasteiger partial charge in [0.1, 0.15) is 5.75 Å². The molecular weight excluding hydrogens is 366 g/mol. The van der Waals surface area contributed by atoms with Gasteiger partial charge in [0.05, 0.1) is 18.6 Å². The van der Waals surface area contributed by atoms with Gasteiger partial charge in [-0.05, 0) is 56.4 Å². The van der Waals surface area contributed by atoms with E-state index in [-0.39, 0.29) is 17.4 Å². The molecule has 0 saturated carbocycles. The molecule has 0 aliphatic rings. The summed E-state index contributed by atoms with van der Waals surface area (Å²) in [5.74, 6) is 0.174. The minimum Gasteiger partial charge on any atom is -0.496 e. The minimum atomic E-state index is -3.79. The Kier molecular flexibility index (Phi) is 8.50. The summed E-state index contributed by atoms with van der Waals surface area (Å²) in [5, 5.41) is 0. The Morgan fingerprint density at radius 3 is 2.37 bits per heavy atom. The summed E-state index contributed by atoms with van der Waals surface area (Å²) in [6, 6.07) is 1.20. The number of sulfonamides is 1. The number of hydrogen-bond acceptors (Lipinski definition) is 5. The van der Waals surface area contributed by atoms with E-state index < -0.39 is 22.0 Å². The summed E-state index contributed by atoms with van der Waals surface area (Å²) in [5.41, 5.74) is 2.04. The Balaban J connectivity index is 3.29. The van der Waals surface area contributed by atoms with Gasteiger partial charge in [-0.2, -0.15) is 0 Å². The molecule has 0 spiro atoms. The average molecular weight is 398 g/mol. The zero-order valence-corrected chi connectivity index (χ0v) is 18.1. The second kappa shape index (κ2) is 9.90. The molecular formula is C20H31NO5S. The van der Waals surface area contributed by atoms with Crippen molar-refractivity contribution in [2.75, 3.05) is 13.7 Å². The standard InChI is InChI=1S/C20H31NO5S/c1-8-13(3)17(10-11-19(22)26-9-2)21-27(23,24)20-14(4)12-18(25-7)15(5)16(20)6/h10-13,17,21H,8-9H2,1-7H3/b11-10+/t13-,17+/m0/s1. The molecule has 1 aromatic rings. The molecule has 0 bridgehead atoms. The summed E-state index contributed by atoms with van der Waals surface area (Å²) in [6.07, 6.45) is 3.59. The van der Waals surface area contributed by atoms with Crippen LogP contribution in [0.1, 0.15) is 43.9 Å². The monoisotopic (exact) mass is 397 g/mol. The summed E-state index contributed by atoms with van der Waals surface area (Å²) in [7, 11) is -2.23. The number of carbonyl (C=O) groups is 1. The topological polar surface area (TPSA) is 81.7 Å². The molecule has 0 radical (unpaired) electrons. The van der Waals surface area contributed by atoms with Crippen LogP contribution in [0.4, 0.5) is 0 Å². The summed E-state index contributed by atoms with van der Waals surface area (Å²) in [4.78, 5) is 11.9. The molecule has 0 aromatic heterocycles. The third kappa shape index (κ3) is 5.81. The maximum Gasteiger partial charge on any atom is 0.330 e. The molecule has 0 saturated heterocycles. The van der Waals surface area contributed by atoms with E-state index in [9.17, 15) is 13.2 Å². The molecule has 1 rings (SSSR count). The normalized spacial score (nSPS) is 14.2. The van der Waals surface area contributed by atoms with Gasteiger partial charge in [-0.25, -0.2) is 17.9 Å². The number of carbonyl (C=O) groups excluding carboxylic acids is 1. The van der Waals surface area contributed by atoms with E-state index in [1.807, 2.05) is 20.8 Å². The number of hydrogen-bond donors (Lipinski definition) is 1. The van der Waals surface area contributed by atoms with Crippen LogP contribution in [0, 0.1) is 26.7 Å². The van der Waals surface area contributed by atoms with Crippen LogP contribution in [0.3, 0.4) is 0 Å². The molecule has 27 heavy (non-hydrogen) atoms. The van der Waals surface area contributed by atoms with Gasteiger partial charge in [-0.1, -0.05) is 26.3 Å². The number of ether oxygens (including phenoxy) is 2. The van der Waals surface area contributed by atoms with Crippen molar-refractivity contribution in [2.24, 2.45) is 5.92 Å². The number of aryl methyl sites for hydroxylation is 1. The SMILES string of the molecule is CCOC(=O)/C=C/[C@@H](NS(=O)(=O)c1c(C)cc(OC)c(C)c1C)[C@@H](C)CC. The van der Waals surface area contributed by atoms with Crippen molar-refractivity contribution in [3.63, 3.8) is 0 Å². The zero-order chi connectivity index (χ0) is 20.8. The molecule has 0 aliphatic carbocycles. The quantitative estimate of drug-likeness (QED) is 0.510. The molecule has 152 valence electrons. The first kappa shape index (κ1) is 23.2. The van der Waals surface area contributed by atoms with Crippen LogP contribution in [0.15, 0.2) is 23.1 Å². The first-order chi connectivity index (χ1) is 12.6. The second-order valence-electron chi connectivity index (χ2n) is 6.62. The Morgan fingerprint density at radius 1 is 1.22 bits per heavy atom. The second-order valence-corrected chi connectivity index (χ2v) is 8.27. The fraction of sp³-hybridized carbons (Fsp3) is 0.550. The maximum atomic E-state index is 13.1. The van der Waals surface area contributed by atoms with Gasteiger partial charge >= 0.3 is 5.97 Å². The molecule has 1 N–H and O–H groups in total. The predicted molar refractivity (Wildman–Crippen MR) is 107 cm³/mol. The highest BCUT2D eigenvalue weighted by atomic mass is 32.2. The van der Waals surface area contributed by atoms with Crippen LogP contribution in [-0.2, 0) is 19.6 Å². The van der Waals surface area contributed by atoms with Gasteiger partial charge in [0, 0.05) is 12.1 Å². The van der Waals surface area contributed by atoms with Crippen molar-refractivity contribution >= 4 is 16.0 Å².